The maximum atomic E-state index is 11.6. The molecule has 5 heteroatoms. The molecule has 1 atom stereocenters. The van der Waals surface area contributed by atoms with Gasteiger partial charge in [0.05, 0.1) is 0 Å². The van der Waals surface area contributed by atoms with Crippen LogP contribution in [0.15, 0.2) is 24.3 Å². The highest BCUT2D eigenvalue weighted by molar-refractivity contribution is 7.99. The number of carbonyl (C=O) groups excluding carboxylic acids is 1. The maximum Gasteiger partial charge on any atom is 0.319 e. The molecule has 0 aromatic heterocycles. The monoisotopic (exact) mass is 251 g/mol. The minimum atomic E-state index is -0.147. The van der Waals surface area contributed by atoms with E-state index in [1.54, 1.807) is 24.3 Å². The average Bonchev–Trinajstić information content (AvgIpc) is 2.83. The number of thioether (sulfide) groups is 1. The van der Waals surface area contributed by atoms with E-state index in [0.717, 1.165) is 18.0 Å². The highest BCUT2D eigenvalue weighted by atomic mass is 32.2. The second-order valence-corrected chi connectivity index (χ2v) is 5.34. The van der Waals surface area contributed by atoms with Crippen LogP contribution in [0.3, 0.4) is 0 Å². The van der Waals surface area contributed by atoms with Crippen molar-refractivity contribution in [3.05, 3.63) is 24.3 Å². The van der Waals surface area contributed by atoms with Crippen molar-refractivity contribution in [1.29, 1.82) is 0 Å². The molecule has 1 aromatic rings. The van der Waals surface area contributed by atoms with Gasteiger partial charge in [-0.3, -0.25) is 0 Å². The van der Waals surface area contributed by atoms with Gasteiger partial charge in [-0.2, -0.15) is 11.8 Å². The zero-order chi connectivity index (χ0) is 12.1. The largest absolute Gasteiger partial charge is 0.399 e. The fraction of sp³-hybridized carbons (Fsp3) is 0.417. The van der Waals surface area contributed by atoms with Crippen LogP contribution < -0.4 is 16.4 Å². The molecular formula is C12H17N3OS. The highest BCUT2D eigenvalue weighted by Gasteiger charge is 2.15. The van der Waals surface area contributed by atoms with Crippen LogP contribution in [-0.4, -0.2) is 24.1 Å². The first kappa shape index (κ1) is 12.1. The number of hydrogen-bond donors (Lipinski definition) is 3. The third-order valence-electron chi connectivity index (χ3n) is 2.74. The fourth-order valence-electron chi connectivity index (χ4n) is 1.72. The highest BCUT2D eigenvalue weighted by Crippen LogP contribution is 2.22. The van der Waals surface area contributed by atoms with E-state index in [-0.39, 0.29) is 6.03 Å². The first-order chi connectivity index (χ1) is 8.24. The molecule has 2 amide bonds. The van der Waals surface area contributed by atoms with Gasteiger partial charge in [-0.15, -0.1) is 0 Å². The lowest BCUT2D eigenvalue weighted by atomic mass is 10.1. The molecule has 1 unspecified atom stereocenters. The van der Waals surface area contributed by atoms with Gasteiger partial charge in [-0.25, -0.2) is 4.79 Å². The van der Waals surface area contributed by atoms with E-state index in [2.05, 4.69) is 10.6 Å². The number of nitrogens with two attached hydrogens (primary N) is 1. The minimum Gasteiger partial charge on any atom is -0.399 e. The normalized spacial score (nSPS) is 18.9. The summed E-state index contributed by atoms with van der Waals surface area (Å²) < 4.78 is 0. The van der Waals surface area contributed by atoms with Gasteiger partial charge in [-0.1, -0.05) is 0 Å². The van der Waals surface area contributed by atoms with E-state index >= 15 is 0 Å². The number of carbonyl (C=O) groups is 1. The van der Waals surface area contributed by atoms with E-state index in [9.17, 15) is 4.79 Å². The Morgan fingerprint density at radius 3 is 2.82 bits per heavy atom. The molecule has 1 aliphatic rings. The van der Waals surface area contributed by atoms with E-state index < -0.39 is 0 Å². The van der Waals surface area contributed by atoms with Gasteiger partial charge in [0, 0.05) is 17.9 Å². The molecule has 1 fully saturated rings. The lowest BCUT2D eigenvalue weighted by Crippen LogP contribution is -2.33. The van der Waals surface area contributed by atoms with E-state index in [1.807, 2.05) is 11.8 Å². The third-order valence-corrected chi connectivity index (χ3v) is 3.98. The lowest BCUT2D eigenvalue weighted by Gasteiger charge is -2.11. The van der Waals surface area contributed by atoms with Crippen LogP contribution in [-0.2, 0) is 0 Å². The average molecular weight is 251 g/mol. The van der Waals surface area contributed by atoms with Gasteiger partial charge in [0.25, 0.3) is 0 Å². The maximum absolute atomic E-state index is 11.6. The van der Waals surface area contributed by atoms with E-state index in [4.69, 9.17) is 5.73 Å². The van der Waals surface area contributed by atoms with Crippen molar-refractivity contribution < 1.29 is 4.79 Å². The molecule has 1 aliphatic heterocycles. The number of nitrogens with one attached hydrogen (secondary N) is 2. The molecule has 17 heavy (non-hydrogen) atoms. The zero-order valence-electron chi connectivity index (χ0n) is 9.61. The number of anilines is 2. The standard InChI is InChI=1S/C12H17N3OS/c13-10-1-3-11(4-2-10)15-12(16)14-7-9-5-6-17-8-9/h1-4,9H,5-8,13H2,(H2,14,15,16). The molecular weight excluding hydrogens is 234 g/mol. The molecule has 0 aliphatic carbocycles. The van der Waals surface area contributed by atoms with Gasteiger partial charge in [0.2, 0.25) is 0 Å². The van der Waals surface area contributed by atoms with Crippen molar-refractivity contribution in [2.24, 2.45) is 5.92 Å². The summed E-state index contributed by atoms with van der Waals surface area (Å²) in [5.74, 6) is 2.99. The van der Waals surface area contributed by atoms with Crippen LogP contribution in [0, 0.1) is 5.92 Å². The van der Waals surface area contributed by atoms with Gasteiger partial charge in [0.15, 0.2) is 0 Å². The summed E-state index contributed by atoms with van der Waals surface area (Å²) in [5.41, 5.74) is 7.02. The van der Waals surface area contributed by atoms with Crippen LogP contribution in [0.1, 0.15) is 6.42 Å². The Morgan fingerprint density at radius 2 is 2.18 bits per heavy atom. The Morgan fingerprint density at radius 1 is 1.41 bits per heavy atom. The molecule has 0 bridgehead atoms. The lowest BCUT2D eigenvalue weighted by molar-refractivity contribution is 0.250. The van der Waals surface area contributed by atoms with Crippen molar-refractivity contribution in [3.8, 4) is 0 Å². The van der Waals surface area contributed by atoms with Crippen LogP contribution in [0.25, 0.3) is 0 Å². The summed E-state index contributed by atoms with van der Waals surface area (Å²) in [6.45, 7) is 0.758. The summed E-state index contributed by atoms with van der Waals surface area (Å²) in [7, 11) is 0. The number of benzene rings is 1. The molecule has 4 N–H and O–H groups in total. The van der Waals surface area contributed by atoms with E-state index in [0.29, 0.717) is 11.6 Å². The molecule has 1 saturated heterocycles. The number of rotatable bonds is 3. The summed E-state index contributed by atoms with van der Waals surface area (Å²) >= 11 is 1.95. The number of nitrogen functional groups attached to an aromatic ring is 1. The molecule has 92 valence electrons. The van der Waals surface area contributed by atoms with Crippen molar-refractivity contribution in [1.82, 2.24) is 5.32 Å². The summed E-state index contributed by atoms with van der Waals surface area (Å²) in [4.78, 5) is 11.6. The zero-order valence-corrected chi connectivity index (χ0v) is 10.4. The predicted molar refractivity (Wildman–Crippen MR) is 73.3 cm³/mol. The predicted octanol–water partition coefficient (Wildman–Crippen LogP) is 2.14. The first-order valence-corrected chi connectivity index (χ1v) is 6.87. The SMILES string of the molecule is Nc1ccc(NC(=O)NCC2CCSC2)cc1. The van der Waals surface area contributed by atoms with Gasteiger partial charge in [-0.05, 0) is 48.1 Å². The Balaban J connectivity index is 1.74. The van der Waals surface area contributed by atoms with Gasteiger partial charge in [0.1, 0.15) is 0 Å². The van der Waals surface area contributed by atoms with Gasteiger partial charge >= 0.3 is 6.03 Å². The van der Waals surface area contributed by atoms with Crippen molar-refractivity contribution >= 4 is 29.2 Å². The summed E-state index contributed by atoms with van der Waals surface area (Å²) in [6, 6.07) is 6.97. The van der Waals surface area contributed by atoms with Crippen LogP contribution >= 0.6 is 11.8 Å². The van der Waals surface area contributed by atoms with Crippen molar-refractivity contribution in [2.75, 3.05) is 29.1 Å². The Kier molecular flexibility index (Phi) is 4.14. The fourth-order valence-corrected chi connectivity index (χ4v) is 3.01. The Bertz CT molecular complexity index is 374. The first-order valence-electron chi connectivity index (χ1n) is 5.72. The molecule has 2 rings (SSSR count). The smallest absolute Gasteiger partial charge is 0.319 e. The second-order valence-electron chi connectivity index (χ2n) is 4.19. The summed E-state index contributed by atoms with van der Waals surface area (Å²) in [5, 5.41) is 5.67. The topological polar surface area (TPSA) is 67.1 Å². The summed E-state index contributed by atoms with van der Waals surface area (Å²) in [6.07, 6.45) is 1.20. The van der Waals surface area contributed by atoms with Crippen molar-refractivity contribution in [3.63, 3.8) is 0 Å². The van der Waals surface area contributed by atoms with Crippen molar-refractivity contribution in [2.45, 2.75) is 6.42 Å². The van der Waals surface area contributed by atoms with Gasteiger partial charge < -0.3 is 16.4 Å². The molecule has 4 nitrogen and oxygen atoms in total. The van der Waals surface area contributed by atoms with Crippen LogP contribution in [0.4, 0.5) is 16.2 Å². The Labute approximate surface area is 105 Å². The minimum absolute atomic E-state index is 0.147. The molecule has 0 saturated carbocycles. The quantitative estimate of drug-likeness (QED) is 0.721. The Hall–Kier alpha value is -1.36. The number of urea groups is 1. The van der Waals surface area contributed by atoms with Crippen LogP contribution in [0.2, 0.25) is 0 Å². The molecule has 0 radical (unpaired) electrons. The second kappa shape index (κ2) is 5.82. The van der Waals surface area contributed by atoms with E-state index in [1.165, 1.54) is 12.2 Å². The molecule has 1 heterocycles. The third kappa shape index (κ3) is 3.85. The number of amides is 2. The molecule has 0 spiro atoms. The molecule has 1 aromatic carbocycles. The van der Waals surface area contributed by atoms with Crippen LogP contribution in [0.5, 0.6) is 0 Å². The number of hydrogen-bond acceptors (Lipinski definition) is 3.